The van der Waals surface area contributed by atoms with Gasteiger partial charge in [0.2, 0.25) is 0 Å². The molecule has 0 saturated carbocycles. The molecule has 0 aromatic heterocycles. The van der Waals surface area contributed by atoms with E-state index in [9.17, 15) is 49.6 Å². The number of halogens is 9. The molecule has 118 valence electrons. The third-order valence-corrected chi connectivity index (χ3v) is 2.25. The Morgan fingerprint density at radius 3 is 1.48 bits per heavy atom. The van der Waals surface area contributed by atoms with Gasteiger partial charge in [0.25, 0.3) is 5.69 Å². The SMILES string of the molecule is O=[N+]([O-])c1ccc(C(F)(F)F)c(C(F)(F)F)c1C(F)(F)F. The monoisotopic (exact) mass is 327 g/mol. The normalized spacial score (nSPS) is 13.4. The lowest BCUT2D eigenvalue weighted by atomic mass is 9.97. The number of benzene rings is 1. The second-order valence-electron chi connectivity index (χ2n) is 3.63. The van der Waals surface area contributed by atoms with E-state index < -0.39 is 51.9 Å². The van der Waals surface area contributed by atoms with Gasteiger partial charge in [0.1, 0.15) is 5.56 Å². The van der Waals surface area contributed by atoms with Crippen molar-refractivity contribution in [1.82, 2.24) is 0 Å². The minimum Gasteiger partial charge on any atom is -0.258 e. The van der Waals surface area contributed by atoms with Gasteiger partial charge < -0.3 is 0 Å². The Morgan fingerprint density at radius 2 is 1.19 bits per heavy atom. The number of hydrogen-bond acceptors (Lipinski definition) is 2. The third kappa shape index (κ3) is 3.36. The van der Waals surface area contributed by atoms with E-state index in [0.717, 1.165) is 0 Å². The van der Waals surface area contributed by atoms with Crippen molar-refractivity contribution in [2.45, 2.75) is 18.5 Å². The van der Waals surface area contributed by atoms with Crippen molar-refractivity contribution in [2.24, 2.45) is 0 Å². The van der Waals surface area contributed by atoms with Crippen LogP contribution in [-0.2, 0) is 18.5 Å². The van der Waals surface area contributed by atoms with Crippen LogP contribution in [0.4, 0.5) is 45.2 Å². The first-order chi connectivity index (χ1) is 9.17. The number of nitro benzene ring substituents is 1. The first kappa shape index (κ1) is 17.0. The van der Waals surface area contributed by atoms with Gasteiger partial charge in [-0.2, -0.15) is 39.5 Å². The molecule has 0 heterocycles. The van der Waals surface area contributed by atoms with Crippen LogP contribution in [0, 0.1) is 10.1 Å². The number of nitrogens with zero attached hydrogens (tertiary/aromatic N) is 1. The van der Waals surface area contributed by atoms with Crippen molar-refractivity contribution in [3.05, 3.63) is 38.9 Å². The Balaban J connectivity index is 3.98. The molecule has 21 heavy (non-hydrogen) atoms. The molecule has 1 aromatic carbocycles. The number of rotatable bonds is 1. The largest absolute Gasteiger partial charge is 0.423 e. The smallest absolute Gasteiger partial charge is 0.258 e. The third-order valence-electron chi connectivity index (χ3n) is 2.25. The van der Waals surface area contributed by atoms with E-state index >= 15 is 0 Å². The van der Waals surface area contributed by atoms with Crippen LogP contribution in [-0.4, -0.2) is 4.92 Å². The summed E-state index contributed by atoms with van der Waals surface area (Å²) in [6, 6.07) is -0.670. The first-order valence-electron chi connectivity index (χ1n) is 4.70. The molecule has 0 N–H and O–H groups in total. The molecule has 0 unspecified atom stereocenters. The zero-order valence-electron chi connectivity index (χ0n) is 9.32. The number of alkyl halides is 9. The Kier molecular flexibility index (Phi) is 3.87. The van der Waals surface area contributed by atoms with Gasteiger partial charge in [-0.05, 0) is 6.07 Å². The molecule has 1 aromatic rings. The van der Waals surface area contributed by atoms with Crippen LogP contribution >= 0.6 is 0 Å². The van der Waals surface area contributed by atoms with Crippen molar-refractivity contribution < 1.29 is 44.4 Å². The molecular formula is C9H2F9NO2. The molecule has 0 aliphatic carbocycles. The maximum atomic E-state index is 12.6. The highest BCUT2D eigenvalue weighted by atomic mass is 19.4. The fourth-order valence-electron chi connectivity index (χ4n) is 1.56. The summed E-state index contributed by atoms with van der Waals surface area (Å²) in [7, 11) is 0. The van der Waals surface area contributed by atoms with E-state index in [1.807, 2.05) is 0 Å². The molecule has 0 bridgehead atoms. The summed E-state index contributed by atoms with van der Waals surface area (Å²) in [6.07, 6.45) is -17.8. The highest BCUT2D eigenvalue weighted by Gasteiger charge is 2.53. The second kappa shape index (κ2) is 4.77. The van der Waals surface area contributed by atoms with Crippen LogP contribution in [0.5, 0.6) is 0 Å². The molecule has 0 amide bonds. The number of nitro groups is 1. The Bertz CT molecular complexity index is 570. The van der Waals surface area contributed by atoms with Crippen molar-refractivity contribution in [2.75, 3.05) is 0 Å². The van der Waals surface area contributed by atoms with Gasteiger partial charge in [-0.15, -0.1) is 0 Å². The summed E-state index contributed by atoms with van der Waals surface area (Å²) in [5, 5.41) is 10.4. The van der Waals surface area contributed by atoms with Gasteiger partial charge in [0, 0.05) is 6.07 Å². The highest BCUT2D eigenvalue weighted by Crippen LogP contribution is 2.49. The standard InChI is InChI=1S/C9H2F9NO2/c10-7(11,12)3-1-2-4(19(20)21)6(9(16,17)18)5(3)8(13,14)15/h1-2H. The molecule has 12 heteroatoms. The van der Waals surface area contributed by atoms with E-state index in [-0.39, 0.29) is 6.07 Å². The molecule has 0 atom stereocenters. The quantitative estimate of drug-likeness (QED) is 0.428. The van der Waals surface area contributed by atoms with Gasteiger partial charge in [0.05, 0.1) is 16.1 Å². The Hall–Kier alpha value is -2.01. The van der Waals surface area contributed by atoms with Gasteiger partial charge in [-0.3, -0.25) is 10.1 Å². The van der Waals surface area contributed by atoms with Crippen molar-refractivity contribution >= 4 is 5.69 Å². The number of hydrogen-bond donors (Lipinski definition) is 0. The fraction of sp³-hybridized carbons (Fsp3) is 0.333. The molecule has 0 fully saturated rings. The van der Waals surface area contributed by atoms with Crippen LogP contribution < -0.4 is 0 Å². The van der Waals surface area contributed by atoms with E-state index in [1.54, 1.807) is 0 Å². The van der Waals surface area contributed by atoms with Crippen LogP contribution in [0.25, 0.3) is 0 Å². The predicted octanol–water partition coefficient (Wildman–Crippen LogP) is 4.65. The maximum Gasteiger partial charge on any atom is 0.423 e. The van der Waals surface area contributed by atoms with Crippen molar-refractivity contribution in [1.29, 1.82) is 0 Å². The Labute approximate surface area is 109 Å². The fourth-order valence-corrected chi connectivity index (χ4v) is 1.56. The predicted molar refractivity (Wildman–Crippen MR) is 48.1 cm³/mol. The lowest BCUT2D eigenvalue weighted by Crippen LogP contribution is -2.24. The van der Waals surface area contributed by atoms with Crippen LogP contribution in [0.2, 0.25) is 0 Å². The molecule has 0 radical (unpaired) electrons. The van der Waals surface area contributed by atoms with Gasteiger partial charge in [-0.1, -0.05) is 0 Å². The molecule has 0 spiro atoms. The van der Waals surface area contributed by atoms with E-state index in [0.29, 0.717) is 0 Å². The zero-order chi connectivity index (χ0) is 16.8. The summed E-state index contributed by atoms with van der Waals surface area (Å²) >= 11 is 0. The Morgan fingerprint density at radius 1 is 0.762 bits per heavy atom. The molecular weight excluding hydrogens is 325 g/mol. The van der Waals surface area contributed by atoms with Crippen molar-refractivity contribution in [3.8, 4) is 0 Å². The summed E-state index contributed by atoms with van der Waals surface area (Å²) in [6.45, 7) is 0. The van der Waals surface area contributed by atoms with Crippen LogP contribution in [0.15, 0.2) is 12.1 Å². The summed E-state index contributed by atoms with van der Waals surface area (Å²) in [5.74, 6) is 0. The highest BCUT2D eigenvalue weighted by molar-refractivity contribution is 5.53. The molecule has 1 rings (SSSR count). The molecule has 3 nitrogen and oxygen atoms in total. The lowest BCUT2D eigenvalue weighted by molar-refractivity contribution is -0.388. The minimum atomic E-state index is -6.08. The average Bonchev–Trinajstić information content (AvgIpc) is 2.23. The summed E-state index contributed by atoms with van der Waals surface area (Å²) < 4.78 is 113. The van der Waals surface area contributed by atoms with Gasteiger partial charge in [-0.25, -0.2) is 0 Å². The summed E-state index contributed by atoms with van der Waals surface area (Å²) in [4.78, 5) is 8.53. The van der Waals surface area contributed by atoms with E-state index in [2.05, 4.69) is 0 Å². The molecule has 0 aliphatic heterocycles. The minimum absolute atomic E-state index is 0.263. The lowest BCUT2D eigenvalue weighted by Gasteiger charge is -2.20. The van der Waals surface area contributed by atoms with E-state index in [1.165, 1.54) is 0 Å². The maximum absolute atomic E-state index is 12.6. The van der Waals surface area contributed by atoms with Gasteiger partial charge >= 0.3 is 18.5 Å². The molecule has 0 aliphatic rings. The van der Waals surface area contributed by atoms with Crippen LogP contribution in [0.1, 0.15) is 16.7 Å². The van der Waals surface area contributed by atoms with Crippen LogP contribution in [0.3, 0.4) is 0 Å². The van der Waals surface area contributed by atoms with Crippen molar-refractivity contribution in [3.63, 3.8) is 0 Å². The topological polar surface area (TPSA) is 43.1 Å². The van der Waals surface area contributed by atoms with E-state index in [4.69, 9.17) is 0 Å². The summed E-state index contributed by atoms with van der Waals surface area (Å²) in [5.41, 5.74) is -10.9. The first-order valence-corrected chi connectivity index (χ1v) is 4.70. The zero-order valence-corrected chi connectivity index (χ0v) is 9.32. The average molecular weight is 327 g/mol. The van der Waals surface area contributed by atoms with Gasteiger partial charge in [0.15, 0.2) is 0 Å². The second-order valence-corrected chi connectivity index (χ2v) is 3.63. The molecule has 0 saturated heterocycles.